The second kappa shape index (κ2) is 15.7. The zero-order chi connectivity index (χ0) is 38.7. The number of hydrogen-bond donors (Lipinski definition) is 0. The Balaban J connectivity index is 1.06. The van der Waals surface area contributed by atoms with Gasteiger partial charge in [-0.15, -0.1) is 0 Å². The molecule has 3 aliphatic rings. The molecule has 10 rings (SSSR count). The summed E-state index contributed by atoms with van der Waals surface area (Å²) in [7, 11) is 0. The smallest absolute Gasteiger partial charge is 0.163 e. The highest BCUT2D eigenvalue weighted by atomic mass is 15.0. The summed E-state index contributed by atoms with van der Waals surface area (Å²) in [5, 5.41) is 0. The molecule has 0 saturated heterocycles. The molecule has 2 heterocycles. The van der Waals surface area contributed by atoms with Gasteiger partial charge < -0.3 is 0 Å². The number of dihydropyridines is 1. The first-order chi connectivity index (χ1) is 28.7. The van der Waals surface area contributed by atoms with Gasteiger partial charge in [0, 0.05) is 29.2 Å². The van der Waals surface area contributed by atoms with Crippen molar-refractivity contribution in [2.45, 2.75) is 18.4 Å². The lowest BCUT2D eigenvalue weighted by molar-refractivity contribution is 0.685. The maximum absolute atomic E-state index is 5.18. The molecule has 6 aromatic carbocycles. The van der Waals surface area contributed by atoms with E-state index in [1.807, 2.05) is 24.4 Å². The van der Waals surface area contributed by atoms with Crippen molar-refractivity contribution in [3.05, 3.63) is 218 Å². The minimum atomic E-state index is 0.0744. The van der Waals surface area contributed by atoms with Crippen molar-refractivity contribution in [3.63, 3.8) is 0 Å². The molecule has 0 radical (unpaired) electrons. The normalized spacial score (nSPS) is 17.9. The van der Waals surface area contributed by atoms with Gasteiger partial charge in [-0.3, -0.25) is 4.99 Å². The van der Waals surface area contributed by atoms with Gasteiger partial charge in [-0.05, 0) is 86.3 Å². The lowest BCUT2D eigenvalue weighted by atomic mass is 9.89. The number of allylic oxidation sites excluding steroid dienone is 7. The van der Waals surface area contributed by atoms with Crippen LogP contribution in [0.25, 0.3) is 72.9 Å². The second-order valence-electron chi connectivity index (χ2n) is 15.0. The Labute approximate surface area is 339 Å². The molecule has 3 unspecified atom stereocenters. The molecule has 2 aliphatic carbocycles. The van der Waals surface area contributed by atoms with Gasteiger partial charge in [0.2, 0.25) is 0 Å². The van der Waals surface area contributed by atoms with Gasteiger partial charge in [-0.1, -0.05) is 182 Å². The number of aromatic nitrogens is 3. The third kappa shape index (κ3) is 7.36. The van der Waals surface area contributed by atoms with E-state index < -0.39 is 0 Å². The molecule has 1 aliphatic heterocycles. The summed E-state index contributed by atoms with van der Waals surface area (Å²) in [4.78, 5) is 20.2. The summed E-state index contributed by atoms with van der Waals surface area (Å²) in [5.41, 5.74) is 13.4. The quantitative estimate of drug-likeness (QED) is 0.156. The van der Waals surface area contributed by atoms with E-state index >= 15 is 0 Å². The number of nitrogens with zero attached hydrogens (tertiary/aromatic N) is 4. The molecule has 0 N–H and O–H groups in total. The Morgan fingerprint density at radius 2 is 0.914 bits per heavy atom. The summed E-state index contributed by atoms with van der Waals surface area (Å²) in [5.74, 6) is 2.47. The molecule has 0 spiro atoms. The Kier molecular flexibility index (Phi) is 9.50. The first kappa shape index (κ1) is 35.1. The van der Waals surface area contributed by atoms with Crippen LogP contribution in [0.3, 0.4) is 0 Å². The molecule has 0 saturated carbocycles. The SMILES string of the molecule is C1=CCC(c2nc(-c3ccccc3)nc(-c3cc(-c4ccc(C5=CC6C=CC=CC6N=C5)cc4)cc(-c4ccc(-c5cccc(-c6ccccc6)c5)cc4)c3)n2)C=C1. The van der Waals surface area contributed by atoms with E-state index in [1.54, 1.807) is 0 Å². The van der Waals surface area contributed by atoms with Crippen LogP contribution in [-0.2, 0) is 0 Å². The number of aliphatic imine (C=N–C) groups is 1. The Morgan fingerprint density at radius 3 is 1.57 bits per heavy atom. The molecule has 3 atom stereocenters. The first-order valence-corrected chi connectivity index (χ1v) is 20.0. The summed E-state index contributed by atoms with van der Waals surface area (Å²) in [6, 6.07) is 54.1. The van der Waals surface area contributed by atoms with Gasteiger partial charge in [0.05, 0.1) is 6.04 Å². The zero-order valence-electron chi connectivity index (χ0n) is 31.9. The van der Waals surface area contributed by atoms with E-state index in [1.165, 1.54) is 22.3 Å². The number of benzene rings is 6. The van der Waals surface area contributed by atoms with Gasteiger partial charge >= 0.3 is 0 Å². The summed E-state index contributed by atoms with van der Waals surface area (Å²) in [6.07, 6.45) is 22.3. The summed E-state index contributed by atoms with van der Waals surface area (Å²) >= 11 is 0. The molecule has 0 amide bonds. The second-order valence-corrected chi connectivity index (χ2v) is 15.0. The first-order valence-electron chi connectivity index (χ1n) is 20.0. The predicted octanol–water partition coefficient (Wildman–Crippen LogP) is 13.1. The van der Waals surface area contributed by atoms with Gasteiger partial charge in [0.25, 0.3) is 0 Å². The van der Waals surface area contributed by atoms with E-state index in [2.05, 4.69) is 188 Å². The molecule has 4 heteroatoms. The lowest BCUT2D eigenvalue weighted by Crippen LogP contribution is -2.18. The molecule has 4 nitrogen and oxygen atoms in total. The Hall–Kier alpha value is -7.30. The molecule has 0 bridgehead atoms. The molecule has 276 valence electrons. The van der Waals surface area contributed by atoms with Crippen LogP contribution < -0.4 is 0 Å². The summed E-state index contributed by atoms with van der Waals surface area (Å²) < 4.78 is 0. The van der Waals surface area contributed by atoms with Gasteiger partial charge in [0.15, 0.2) is 11.6 Å². The molecule has 58 heavy (non-hydrogen) atoms. The predicted molar refractivity (Wildman–Crippen MR) is 240 cm³/mol. The maximum Gasteiger partial charge on any atom is 0.163 e. The fourth-order valence-corrected chi connectivity index (χ4v) is 7.99. The highest BCUT2D eigenvalue weighted by Gasteiger charge is 2.21. The van der Waals surface area contributed by atoms with Crippen molar-refractivity contribution in [2.75, 3.05) is 0 Å². The Morgan fingerprint density at radius 1 is 0.397 bits per heavy atom. The average Bonchev–Trinajstić information content (AvgIpc) is 3.32. The highest BCUT2D eigenvalue weighted by molar-refractivity contribution is 6.10. The number of fused-ring (bicyclic) bond motifs is 1. The molecule has 7 aromatic rings. The van der Waals surface area contributed by atoms with Crippen molar-refractivity contribution < 1.29 is 0 Å². The largest absolute Gasteiger partial charge is 0.284 e. The standard InChI is InChI=1S/C54H40N4/c1-4-13-37(14-5-1)44-20-12-21-45(31-44)38-23-25-39(26-24-38)47-33-48(40-27-29-41(30-28-40)50-32-46-19-10-11-22-51(46)55-36-50)35-49(34-47)54-57-52(42-15-6-2-7-16-42)56-53(58-54)43-17-8-3-9-18-43/h1-17,19-36,43,46,51H,18H2. The van der Waals surface area contributed by atoms with Crippen LogP contribution in [0.5, 0.6) is 0 Å². The van der Waals surface area contributed by atoms with Gasteiger partial charge in [-0.2, -0.15) is 0 Å². The van der Waals surface area contributed by atoms with Crippen LogP contribution in [0.4, 0.5) is 0 Å². The van der Waals surface area contributed by atoms with Gasteiger partial charge in [0.1, 0.15) is 5.82 Å². The minimum absolute atomic E-state index is 0.0744. The van der Waals surface area contributed by atoms with Crippen LogP contribution in [0.15, 0.2) is 211 Å². The van der Waals surface area contributed by atoms with Crippen molar-refractivity contribution in [2.24, 2.45) is 10.9 Å². The third-order valence-electron chi connectivity index (χ3n) is 11.2. The summed E-state index contributed by atoms with van der Waals surface area (Å²) in [6.45, 7) is 0. The lowest BCUT2D eigenvalue weighted by Gasteiger charge is -2.22. The molecule has 1 aromatic heterocycles. The molecule has 0 fully saturated rings. The van der Waals surface area contributed by atoms with Crippen molar-refractivity contribution in [1.82, 2.24) is 15.0 Å². The number of rotatable bonds is 8. The minimum Gasteiger partial charge on any atom is -0.284 e. The van der Waals surface area contributed by atoms with Crippen molar-refractivity contribution in [1.29, 1.82) is 0 Å². The topological polar surface area (TPSA) is 51.0 Å². The average molecular weight is 745 g/mol. The van der Waals surface area contributed by atoms with Crippen molar-refractivity contribution in [3.8, 4) is 67.3 Å². The van der Waals surface area contributed by atoms with E-state index in [0.29, 0.717) is 11.6 Å². The van der Waals surface area contributed by atoms with Crippen LogP contribution in [0.2, 0.25) is 0 Å². The van der Waals surface area contributed by atoms with E-state index in [4.69, 9.17) is 19.9 Å². The maximum atomic E-state index is 5.18. The van der Waals surface area contributed by atoms with Crippen LogP contribution in [0, 0.1) is 5.92 Å². The van der Waals surface area contributed by atoms with Crippen LogP contribution >= 0.6 is 0 Å². The monoisotopic (exact) mass is 744 g/mol. The fraction of sp³-hybridized carbons (Fsp3) is 0.0741. The van der Waals surface area contributed by atoms with E-state index in [-0.39, 0.29) is 17.9 Å². The van der Waals surface area contributed by atoms with Crippen molar-refractivity contribution >= 4 is 11.8 Å². The fourth-order valence-electron chi connectivity index (χ4n) is 7.99. The van der Waals surface area contributed by atoms with E-state index in [0.717, 1.165) is 56.8 Å². The Bertz CT molecular complexity index is 2790. The molecular weight excluding hydrogens is 705 g/mol. The number of hydrogen-bond acceptors (Lipinski definition) is 4. The van der Waals surface area contributed by atoms with Crippen LogP contribution in [0.1, 0.15) is 23.7 Å². The third-order valence-corrected chi connectivity index (χ3v) is 11.2. The van der Waals surface area contributed by atoms with Gasteiger partial charge in [-0.25, -0.2) is 15.0 Å². The van der Waals surface area contributed by atoms with E-state index in [9.17, 15) is 0 Å². The zero-order valence-corrected chi connectivity index (χ0v) is 31.9. The highest BCUT2D eigenvalue weighted by Crippen LogP contribution is 2.36. The molecular formula is C54H40N4. The van der Waals surface area contributed by atoms with Crippen LogP contribution in [-0.4, -0.2) is 27.2 Å².